The van der Waals surface area contributed by atoms with Gasteiger partial charge in [0.25, 0.3) is 0 Å². The quantitative estimate of drug-likeness (QED) is 0.584. The van der Waals surface area contributed by atoms with E-state index in [4.69, 9.17) is 21.1 Å². The summed E-state index contributed by atoms with van der Waals surface area (Å²) in [6, 6.07) is 5.01. The lowest BCUT2D eigenvalue weighted by Crippen LogP contribution is -2.29. The Bertz CT molecular complexity index is 469. The number of halogens is 1. The summed E-state index contributed by atoms with van der Waals surface area (Å²) in [6.45, 7) is 6.24. The van der Waals surface area contributed by atoms with E-state index in [9.17, 15) is 4.79 Å². The number of anilines is 1. The van der Waals surface area contributed by atoms with Gasteiger partial charge in [-0.15, -0.1) is 0 Å². The highest BCUT2D eigenvalue weighted by Crippen LogP contribution is 2.32. The molecule has 0 spiro atoms. The second-order valence-electron chi connectivity index (χ2n) is 5.10. The van der Waals surface area contributed by atoms with Crippen molar-refractivity contribution in [2.75, 3.05) is 31.7 Å². The highest BCUT2D eigenvalue weighted by atomic mass is 35.5. The molecule has 0 aliphatic rings. The van der Waals surface area contributed by atoms with Crippen LogP contribution in [0.25, 0.3) is 0 Å². The number of benzene rings is 1. The lowest BCUT2D eigenvalue weighted by Gasteiger charge is -2.14. The number of amides is 2. The standard InChI is InChI=1S/C17H27ClN2O3/c1-3-5-6-7-11-19-17(21)20-15-10-8-9-14(18)16(15)23-13-12-22-4-2/h8-10H,3-7,11-13H2,1-2H3,(H2,19,20,21). The number of para-hydroxylation sites is 1. The lowest BCUT2D eigenvalue weighted by atomic mass is 10.2. The maximum atomic E-state index is 11.9. The number of hydrogen-bond donors (Lipinski definition) is 2. The highest BCUT2D eigenvalue weighted by Gasteiger charge is 2.11. The second-order valence-corrected chi connectivity index (χ2v) is 5.51. The number of hydrogen-bond acceptors (Lipinski definition) is 3. The van der Waals surface area contributed by atoms with Crippen molar-refractivity contribution in [3.63, 3.8) is 0 Å². The molecule has 0 bridgehead atoms. The first-order valence-electron chi connectivity index (χ1n) is 8.23. The maximum absolute atomic E-state index is 11.9. The summed E-state index contributed by atoms with van der Waals surface area (Å²) in [5.74, 6) is 0.468. The van der Waals surface area contributed by atoms with Crippen LogP contribution in [-0.4, -0.2) is 32.4 Å². The number of urea groups is 1. The molecule has 0 aliphatic carbocycles. The molecule has 1 aromatic carbocycles. The van der Waals surface area contributed by atoms with Gasteiger partial charge in [-0.3, -0.25) is 0 Å². The van der Waals surface area contributed by atoms with Crippen LogP contribution in [0.1, 0.15) is 39.5 Å². The van der Waals surface area contributed by atoms with E-state index in [1.165, 1.54) is 12.8 Å². The van der Waals surface area contributed by atoms with Crippen molar-refractivity contribution >= 4 is 23.3 Å². The fourth-order valence-corrected chi connectivity index (χ4v) is 2.25. The largest absolute Gasteiger partial charge is 0.487 e. The third-order valence-corrected chi connectivity index (χ3v) is 3.51. The van der Waals surface area contributed by atoms with Gasteiger partial charge < -0.3 is 20.1 Å². The molecule has 1 aromatic rings. The average molecular weight is 343 g/mol. The molecular formula is C17H27ClN2O3. The second kappa shape index (κ2) is 12.0. The highest BCUT2D eigenvalue weighted by molar-refractivity contribution is 6.32. The molecule has 1 rings (SSSR count). The van der Waals surface area contributed by atoms with Crippen LogP contribution in [0.5, 0.6) is 5.75 Å². The molecule has 6 heteroatoms. The van der Waals surface area contributed by atoms with Crippen molar-refractivity contribution in [1.29, 1.82) is 0 Å². The van der Waals surface area contributed by atoms with Gasteiger partial charge in [-0.25, -0.2) is 4.79 Å². The third kappa shape index (κ3) is 8.09. The molecule has 2 amide bonds. The van der Waals surface area contributed by atoms with Gasteiger partial charge in [0.15, 0.2) is 5.75 Å². The minimum Gasteiger partial charge on any atom is -0.487 e. The molecule has 0 radical (unpaired) electrons. The van der Waals surface area contributed by atoms with E-state index in [0.717, 1.165) is 12.8 Å². The number of rotatable bonds is 11. The molecule has 0 aliphatic heterocycles. The molecule has 0 saturated carbocycles. The number of ether oxygens (including phenoxy) is 2. The van der Waals surface area contributed by atoms with Crippen molar-refractivity contribution in [3.8, 4) is 5.75 Å². The van der Waals surface area contributed by atoms with Crippen molar-refractivity contribution in [3.05, 3.63) is 23.2 Å². The SMILES string of the molecule is CCCCCCNC(=O)Nc1cccc(Cl)c1OCCOCC. The number of nitrogens with one attached hydrogen (secondary N) is 2. The first-order valence-corrected chi connectivity index (χ1v) is 8.60. The summed E-state index contributed by atoms with van der Waals surface area (Å²) in [5.41, 5.74) is 0.556. The van der Waals surface area contributed by atoms with Crippen molar-refractivity contribution in [2.24, 2.45) is 0 Å². The third-order valence-electron chi connectivity index (χ3n) is 3.21. The van der Waals surface area contributed by atoms with Crippen LogP contribution in [0, 0.1) is 0 Å². The van der Waals surface area contributed by atoms with Gasteiger partial charge in [-0.05, 0) is 25.5 Å². The van der Waals surface area contributed by atoms with E-state index in [0.29, 0.717) is 42.8 Å². The normalized spacial score (nSPS) is 10.4. The van der Waals surface area contributed by atoms with Crippen molar-refractivity contribution in [1.82, 2.24) is 5.32 Å². The summed E-state index contributed by atoms with van der Waals surface area (Å²) in [6.07, 6.45) is 4.47. The zero-order valence-electron chi connectivity index (χ0n) is 14.0. The predicted octanol–water partition coefficient (Wildman–Crippen LogP) is 4.46. The van der Waals surface area contributed by atoms with E-state index < -0.39 is 0 Å². The number of carbonyl (C=O) groups excluding carboxylic acids is 1. The predicted molar refractivity (Wildman–Crippen MR) is 94.6 cm³/mol. The maximum Gasteiger partial charge on any atom is 0.319 e. The fourth-order valence-electron chi connectivity index (χ4n) is 2.02. The monoisotopic (exact) mass is 342 g/mol. The average Bonchev–Trinajstić information content (AvgIpc) is 2.53. The van der Waals surface area contributed by atoms with Gasteiger partial charge in [-0.1, -0.05) is 43.9 Å². The molecule has 5 nitrogen and oxygen atoms in total. The van der Waals surface area contributed by atoms with Gasteiger partial charge in [-0.2, -0.15) is 0 Å². The van der Waals surface area contributed by atoms with Gasteiger partial charge in [0.2, 0.25) is 0 Å². The molecule has 0 fully saturated rings. The fraction of sp³-hybridized carbons (Fsp3) is 0.588. The summed E-state index contributed by atoms with van der Waals surface area (Å²) < 4.78 is 10.9. The van der Waals surface area contributed by atoms with E-state index in [2.05, 4.69) is 17.6 Å². The summed E-state index contributed by atoms with van der Waals surface area (Å²) in [5, 5.41) is 6.08. The minimum absolute atomic E-state index is 0.251. The van der Waals surface area contributed by atoms with Gasteiger partial charge in [0, 0.05) is 13.2 Å². The van der Waals surface area contributed by atoms with E-state index in [-0.39, 0.29) is 6.03 Å². The zero-order valence-corrected chi connectivity index (χ0v) is 14.7. The Kier molecular flexibility index (Phi) is 10.2. The minimum atomic E-state index is -0.251. The van der Waals surface area contributed by atoms with Crippen LogP contribution in [0.3, 0.4) is 0 Å². The molecule has 130 valence electrons. The molecule has 0 atom stereocenters. The molecule has 23 heavy (non-hydrogen) atoms. The van der Waals surface area contributed by atoms with Crippen molar-refractivity contribution in [2.45, 2.75) is 39.5 Å². The molecule has 2 N–H and O–H groups in total. The molecule has 0 heterocycles. The van der Waals surface area contributed by atoms with E-state index in [1.807, 2.05) is 6.92 Å². The number of carbonyl (C=O) groups is 1. The van der Waals surface area contributed by atoms with Gasteiger partial charge in [0.1, 0.15) is 6.61 Å². The Balaban J connectivity index is 2.48. The van der Waals surface area contributed by atoms with Crippen LogP contribution >= 0.6 is 11.6 Å². The zero-order chi connectivity index (χ0) is 16.9. The Morgan fingerprint density at radius 2 is 2.00 bits per heavy atom. The number of unbranched alkanes of at least 4 members (excludes halogenated alkanes) is 3. The molecule has 0 saturated heterocycles. The van der Waals surface area contributed by atoms with Crippen LogP contribution in [0.4, 0.5) is 10.5 Å². The summed E-state index contributed by atoms with van der Waals surface area (Å²) in [7, 11) is 0. The van der Waals surface area contributed by atoms with Crippen LogP contribution in [0.15, 0.2) is 18.2 Å². The topological polar surface area (TPSA) is 59.6 Å². The van der Waals surface area contributed by atoms with Crippen LogP contribution < -0.4 is 15.4 Å². The van der Waals surface area contributed by atoms with E-state index >= 15 is 0 Å². The Morgan fingerprint density at radius 1 is 1.17 bits per heavy atom. The Hall–Kier alpha value is -1.46. The first kappa shape index (κ1) is 19.6. The molecular weight excluding hydrogens is 316 g/mol. The van der Waals surface area contributed by atoms with Crippen LogP contribution in [-0.2, 0) is 4.74 Å². The van der Waals surface area contributed by atoms with Gasteiger partial charge in [0.05, 0.1) is 17.3 Å². The summed E-state index contributed by atoms with van der Waals surface area (Å²) in [4.78, 5) is 11.9. The van der Waals surface area contributed by atoms with Gasteiger partial charge >= 0.3 is 6.03 Å². The molecule has 0 unspecified atom stereocenters. The smallest absolute Gasteiger partial charge is 0.319 e. The molecule has 0 aromatic heterocycles. The van der Waals surface area contributed by atoms with E-state index in [1.54, 1.807) is 18.2 Å². The Morgan fingerprint density at radius 3 is 2.74 bits per heavy atom. The summed E-state index contributed by atoms with van der Waals surface area (Å²) >= 11 is 6.15. The Labute approximate surface area is 143 Å². The lowest BCUT2D eigenvalue weighted by molar-refractivity contribution is 0.110. The van der Waals surface area contributed by atoms with Crippen LogP contribution in [0.2, 0.25) is 5.02 Å². The van der Waals surface area contributed by atoms with Crippen molar-refractivity contribution < 1.29 is 14.3 Å². The first-order chi connectivity index (χ1) is 11.2.